The van der Waals surface area contributed by atoms with Crippen LogP contribution in [0.3, 0.4) is 0 Å². The lowest BCUT2D eigenvalue weighted by Gasteiger charge is -2.15. The minimum absolute atomic E-state index is 0.207. The molecular formula is C16H15F3N2O2. The minimum atomic E-state index is -4.62. The summed E-state index contributed by atoms with van der Waals surface area (Å²) in [6.07, 6.45) is -4.62. The number of methoxy groups -OCH3 is 1. The first-order valence-electron chi connectivity index (χ1n) is 6.65. The van der Waals surface area contributed by atoms with Crippen LogP contribution in [0.5, 0.6) is 5.75 Å². The molecule has 0 aliphatic rings. The molecule has 7 heteroatoms. The Labute approximate surface area is 131 Å². The number of anilines is 2. The fourth-order valence-electron chi connectivity index (χ4n) is 2.08. The van der Waals surface area contributed by atoms with Crippen molar-refractivity contribution in [2.24, 2.45) is 0 Å². The largest absolute Gasteiger partial charge is 0.495 e. The minimum Gasteiger partial charge on any atom is -0.495 e. The number of nitrogen functional groups attached to an aromatic ring is 1. The van der Waals surface area contributed by atoms with Crippen LogP contribution < -0.4 is 15.8 Å². The second kappa shape index (κ2) is 6.20. The number of ether oxygens (including phenoxy) is 1. The van der Waals surface area contributed by atoms with Gasteiger partial charge in [-0.25, -0.2) is 0 Å². The maximum absolute atomic E-state index is 13.0. The highest BCUT2D eigenvalue weighted by Crippen LogP contribution is 2.38. The molecule has 0 radical (unpaired) electrons. The van der Waals surface area contributed by atoms with Crippen molar-refractivity contribution >= 4 is 17.3 Å². The van der Waals surface area contributed by atoms with Gasteiger partial charge >= 0.3 is 6.18 Å². The van der Waals surface area contributed by atoms with E-state index in [4.69, 9.17) is 10.5 Å². The summed E-state index contributed by atoms with van der Waals surface area (Å²) in [5, 5.41) is 2.51. The first kappa shape index (κ1) is 16.7. The number of carbonyl (C=O) groups excluding carboxylic acids is 1. The van der Waals surface area contributed by atoms with Gasteiger partial charge in [-0.15, -0.1) is 0 Å². The second-order valence-electron chi connectivity index (χ2n) is 4.91. The van der Waals surface area contributed by atoms with Crippen molar-refractivity contribution in [1.82, 2.24) is 0 Å². The molecule has 0 spiro atoms. The van der Waals surface area contributed by atoms with E-state index in [-0.39, 0.29) is 5.56 Å². The number of rotatable bonds is 3. The third kappa shape index (κ3) is 3.56. The van der Waals surface area contributed by atoms with Crippen LogP contribution in [-0.2, 0) is 6.18 Å². The quantitative estimate of drug-likeness (QED) is 0.843. The number of nitrogens with one attached hydrogen (secondary N) is 1. The van der Waals surface area contributed by atoms with Crippen molar-refractivity contribution in [2.75, 3.05) is 18.2 Å². The van der Waals surface area contributed by atoms with Crippen LogP contribution in [0.2, 0.25) is 0 Å². The molecule has 4 nitrogen and oxygen atoms in total. The second-order valence-corrected chi connectivity index (χ2v) is 4.91. The highest BCUT2D eigenvalue weighted by atomic mass is 19.4. The number of amides is 1. The lowest BCUT2D eigenvalue weighted by atomic mass is 10.1. The Morgan fingerprint density at radius 3 is 2.48 bits per heavy atom. The summed E-state index contributed by atoms with van der Waals surface area (Å²) >= 11 is 0. The van der Waals surface area contributed by atoms with E-state index in [2.05, 4.69) is 5.32 Å². The van der Waals surface area contributed by atoms with Gasteiger partial charge in [0.05, 0.1) is 18.2 Å². The zero-order chi connectivity index (χ0) is 17.2. The van der Waals surface area contributed by atoms with Gasteiger partial charge in [-0.05, 0) is 36.8 Å². The molecule has 0 saturated heterocycles. The number of alkyl halides is 3. The van der Waals surface area contributed by atoms with Gasteiger partial charge in [0.1, 0.15) is 5.75 Å². The molecule has 0 saturated carbocycles. The Morgan fingerprint density at radius 2 is 1.91 bits per heavy atom. The van der Waals surface area contributed by atoms with Crippen molar-refractivity contribution in [3.8, 4) is 5.75 Å². The maximum Gasteiger partial charge on any atom is 0.419 e. The van der Waals surface area contributed by atoms with Crippen LogP contribution >= 0.6 is 0 Å². The number of para-hydroxylation sites is 1. The number of aryl methyl sites for hydroxylation is 1. The Morgan fingerprint density at radius 1 is 1.22 bits per heavy atom. The van der Waals surface area contributed by atoms with E-state index >= 15 is 0 Å². The molecule has 2 aromatic carbocycles. The zero-order valence-electron chi connectivity index (χ0n) is 12.5. The monoisotopic (exact) mass is 324 g/mol. The molecule has 23 heavy (non-hydrogen) atoms. The average Bonchev–Trinajstić information content (AvgIpc) is 2.49. The standard InChI is InChI=1S/C16H15F3N2O2/c1-9-6-7-10(8-13(9)20)21-15(22)11-4-3-5-12(14(11)23-2)16(17,18)19/h3-8H,20H2,1-2H3,(H,21,22). The molecular weight excluding hydrogens is 309 g/mol. The van der Waals surface area contributed by atoms with Crippen molar-refractivity contribution in [2.45, 2.75) is 13.1 Å². The predicted molar refractivity (Wildman–Crippen MR) is 81.5 cm³/mol. The van der Waals surface area contributed by atoms with Gasteiger partial charge < -0.3 is 15.8 Å². The fourth-order valence-corrected chi connectivity index (χ4v) is 2.08. The van der Waals surface area contributed by atoms with Crippen molar-refractivity contribution in [3.63, 3.8) is 0 Å². The first-order valence-corrected chi connectivity index (χ1v) is 6.65. The van der Waals surface area contributed by atoms with E-state index in [0.717, 1.165) is 24.8 Å². The number of benzene rings is 2. The summed E-state index contributed by atoms with van der Waals surface area (Å²) in [7, 11) is 1.09. The van der Waals surface area contributed by atoms with Crippen molar-refractivity contribution in [1.29, 1.82) is 0 Å². The van der Waals surface area contributed by atoms with Gasteiger partial charge in [-0.2, -0.15) is 13.2 Å². The summed E-state index contributed by atoms with van der Waals surface area (Å²) in [6.45, 7) is 1.80. The topological polar surface area (TPSA) is 64.3 Å². The van der Waals surface area contributed by atoms with Gasteiger partial charge in [0.15, 0.2) is 0 Å². The normalized spacial score (nSPS) is 11.2. The van der Waals surface area contributed by atoms with E-state index in [1.54, 1.807) is 19.1 Å². The number of carbonyl (C=O) groups is 1. The van der Waals surface area contributed by atoms with Crippen LogP contribution in [0.25, 0.3) is 0 Å². The molecule has 0 bridgehead atoms. The fraction of sp³-hybridized carbons (Fsp3) is 0.188. The van der Waals surface area contributed by atoms with Gasteiger partial charge in [0, 0.05) is 11.4 Å². The molecule has 0 aromatic heterocycles. The van der Waals surface area contributed by atoms with Crippen molar-refractivity contribution < 1.29 is 22.7 Å². The Kier molecular flexibility index (Phi) is 4.49. The van der Waals surface area contributed by atoms with Gasteiger partial charge in [0.2, 0.25) is 0 Å². The summed E-state index contributed by atoms with van der Waals surface area (Å²) in [4.78, 5) is 12.3. The number of hydrogen-bond donors (Lipinski definition) is 2. The third-order valence-electron chi connectivity index (χ3n) is 3.31. The highest BCUT2D eigenvalue weighted by molar-refractivity contribution is 6.06. The Hall–Kier alpha value is -2.70. The maximum atomic E-state index is 13.0. The molecule has 0 unspecified atom stereocenters. The molecule has 0 heterocycles. The molecule has 122 valence electrons. The Balaban J connectivity index is 2.37. The molecule has 0 atom stereocenters. The third-order valence-corrected chi connectivity index (χ3v) is 3.31. The van der Waals surface area contributed by atoms with E-state index < -0.39 is 23.4 Å². The van der Waals surface area contributed by atoms with E-state index in [9.17, 15) is 18.0 Å². The van der Waals surface area contributed by atoms with E-state index in [1.807, 2.05) is 0 Å². The average molecular weight is 324 g/mol. The molecule has 2 rings (SSSR count). The summed E-state index contributed by atoms with van der Waals surface area (Å²) in [5.74, 6) is -1.23. The van der Waals surface area contributed by atoms with Gasteiger partial charge in [-0.1, -0.05) is 12.1 Å². The zero-order valence-corrected chi connectivity index (χ0v) is 12.5. The van der Waals surface area contributed by atoms with E-state index in [0.29, 0.717) is 11.4 Å². The van der Waals surface area contributed by atoms with Crippen LogP contribution in [0.4, 0.5) is 24.5 Å². The SMILES string of the molecule is COc1c(C(=O)Nc2ccc(C)c(N)c2)cccc1C(F)(F)F. The van der Waals surface area contributed by atoms with Crippen LogP contribution in [0.1, 0.15) is 21.5 Å². The Bertz CT molecular complexity index is 743. The molecule has 0 aliphatic carbocycles. The van der Waals surface area contributed by atoms with Crippen molar-refractivity contribution in [3.05, 3.63) is 53.1 Å². The number of hydrogen-bond acceptors (Lipinski definition) is 3. The van der Waals surface area contributed by atoms with E-state index in [1.165, 1.54) is 12.1 Å². The molecule has 2 aromatic rings. The predicted octanol–water partition coefficient (Wildman–Crippen LogP) is 3.86. The lowest BCUT2D eigenvalue weighted by Crippen LogP contribution is -2.16. The van der Waals surface area contributed by atoms with Gasteiger partial charge in [-0.3, -0.25) is 4.79 Å². The van der Waals surface area contributed by atoms with Crippen LogP contribution in [-0.4, -0.2) is 13.0 Å². The van der Waals surface area contributed by atoms with Crippen LogP contribution in [0.15, 0.2) is 36.4 Å². The molecule has 0 aliphatic heterocycles. The highest BCUT2D eigenvalue weighted by Gasteiger charge is 2.36. The lowest BCUT2D eigenvalue weighted by molar-refractivity contribution is -0.138. The molecule has 1 amide bonds. The summed E-state index contributed by atoms with van der Waals surface area (Å²) in [6, 6.07) is 8.13. The molecule has 3 N–H and O–H groups in total. The van der Waals surface area contributed by atoms with Gasteiger partial charge in [0.25, 0.3) is 5.91 Å². The van der Waals surface area contributed by atoms with Crippen LogP contribution in [0, 0.1) is 6.92 Å². The molecule has 0 fully saturated rings. The summed E-state index contributed by atoms with van der Waals surface area (Å²) < 4.78 is 43.7. The smallest absolute Gasteiger partial charge is 0.419 e. The number of halogens is 3. The first-order chi connectivity index (χ1) is 10.7. The summed E-state index contributed by atoms with van der Waals surface area (Å²) in [5.41, 5.74) is 6.23. The number of nitrogens with two attached hydrogens (primary N) is 1.